The molecule has 1 aromatic heterocycles. The number of carbonyl (C=O) groups excluding carboxylic acids is 2. The molecule has 31 heavy (non-hydrogen) atoms. The van der Waals surface area contributed by atoms with Gasteiger partial charge in [-0.1, -0.05) is 25.5 Å². The van der Waals surface area contributed by atoms with Gasteiger partial charge in [-0.25, -0.2) is 13.2 Å². The number of hydrogen-bond acceptors (Lipinski definition) is 6. The van der Waals surface area contributed by atoms with Gasteiger partial charge in [0.25, 0.3) is 0 Å². The van der Waals surface area contributed by atoms with Crippen LogP contribution < -0.4 is 10.6 Å². The molecule has 0 spiro atoms. The molecule has 10 heteroatoms. The molecule has 1 aliphatic heterocycles. The van der Waals surface area contributed by atoms with Gasteiger partial charge in [0.15, 0.2) is 0 Å². The van der Waals surface area contributed by atoms with Crippen molar-refractivity contribution in [2.75, 3.05) is 32.7 Å². The Morgan fingerprint density at radius 1 is 1.06 bits per heavy atom. The van der Waals surface area contributed by atoms with E-state index in [2.05, 4.69) is 17.6 Å². The zero-order valence-electron chi connectivity index (χ0n) is 17.5. The number of amides is 3. The normalized spacial score (nSPS) is 15.5. The molecule has 2 N–H and O–H groups in total. The van der Waals surface area contributed by atoms with E-state index in [-0.39, 0.29) is 31.1 Å². The largest absolute Gasteiger partial charge is 0.467 e. The molecule has 9 nitrogen and oxygen atoms in total. The zero-order chi connectivity index (χ0) is 22.3. The SMILES string of the molecule is CCCc1ccc(S(=O)(=O)N2CCN(CC(=O)NC(=O)NCc3ccco3)CC2)cc1. The topological polar surface area (TPSA) is 112 Å². The molecule has 2 heterocycles. The molecule has 3 rings (SSSR count). The molecular formula is C21H28N4O5S. The maximum atomic E-state index is 12.9. The number of carbonyl (C=O) groups is 2. The summed E-state index contributed by atoms with van der Waals surface area (Å²) < 4.78 is 32.3. The van der Waals surface area contributed by atoms with Gasteiger partial charge in [-0.3, -0.25) is 15.0 Å². The second kappa shape index (κ2) is 10.6. The van der Waals surface area contributed by atoms with Crippen LogP contribution in [0.4, 0.5) is 4.79 Å². The van der Waals surface area contributed by atoms with Gasteiger partial charge < -0.3 is 9.73 Å². The monoisotopic (exact) mass is 448 g/mol. The summed E-state index contributed by atoms with van der Waals surface area (Å²) in [5, 5.41) is 4.81. The number of hydrogen-bond donors (Lipinski definition) is 2. The van der Waals surface area contributed by atoms with Crippen LogP contribution in [-0.4, -0.2) is 62.3 Å². The van der Waals surface area contributed by atoms with Crippen LogP contribution in [0.1, 0.15) is 24.7 Å². The lowest BCUT2D eigenvalue weighted by Gasteiger charge is -2.33. The van der Waals surface area contributed by atoms with Crippen molar-refractivity contribution in [3.05, 3.63) is 54.0 Å². The smallest absolute Gasteiger partial charge is 0.321 e. The standard InChI is InChI=1S/C21H28N4O5S/c1-2-4-17-6-8-19(9-7-17)31(28,29)25-12-10-24(11-13-25)16-20(26)23-21(27)22-15-18-5-3-14-30-18/h3,5-9,14H,2,4,10-13,15-16H2,1H3,(H2,22,23,26,27). The molecule has 1 aliphatic rings. The van der Waals surface area contributed by atoms with E-state index in [1.807, 2.05) is 17.0 Å². The van der Waals surface area contributed by atoms with Crippen molar-refractivity contribution in [3.8, 4) is 0 Å². The quantitative estimate of drug-likeness (QED) is 0.634. The molecule has 0 radical (unpaired) electrons. The first kappa shape index (κ1) is 23.0. The van der Waals surface area contributed by atoms with Crippen LogP contribution in [0, 0.1) is 0 Å². The van der Waals surface area contributed by atoms with Gasteiger partial charge in [0.05, 0.1) is 24.2 Å². The average Bonchev–Trinajstić information content (AvgIpc) is 3.27. The molecule has 168 valence electrons. The van der Waals surface area contributed by atoms with Crippen LogP contribution in [0.5, 0.6) is 0 Å². The van der Waals surface area contributed by atoms with Crippen molar-refractivity contribution >= 4 is 22.0 Å². The molecule has 0 saturated carbocycles. The average molecular weight is 449 g/mol. The lowest BCUT2D eigenvalue weighted by Crippen LogP contribution is -2.52. The van der Waals surface area contributed by atoms with Crippen LogP contribution in [0.3, 0.4) is 0 Å². The maximum Gasteiger partial charge on any atom is 0.321 e. The second-order valence-electron chi connectivity index (χ2n) is 7.38. The molecule has 1 aromatic carbocycles. The van der Waals surface area contributed by atoms with Crippen molar-refractivity contribution in [2.24, 2.45) is 0 Å². The first-order valence-electron chi connectivity index (χ1n) is 10.3. The summed E-state index contributed by atoms with van der Waals surface area (Å²) in [5.41, 5.74) is 1.12. The number of nitrogens with zero attached hydrogens (tertiary/aromatic N) is 2. The van der Waals surface area contributed by atoms with E-state index in [9.17, 15) is 18.0 Å². The van der Waals surface area contributed by atoms with E-state index < -0.39 is 22.0 Å². The number of urea groups is 1. The highest BCUT2D eigenvalue weighted by Crippen LogP contribution is 2.18. The van der Waals surface area contributed by atoms with Gasteiger partial charge in [0.2, 0.25) is 15.9 Å². The summed E-state index contributed by atoms with van der Waals surface area (Å²) >= 11 is 0. The molecule has 1 fully saturated rings. The fourth-order valence-corrected chi connectivity index (χ4v) is 4.81. The Kier molecular flexibility index (Phi) is 7.83. The van der Waals surface area contributed by atoms with E-state index in [4.69, 9.17) is 4.42 Å². The number of nitrogens with one attached hydrogen (secondary N) is 2. The molecule has 0 unspecified atom stereocenters. The highest BCUT2D eigenvalue weighted by molar-refractivity contribution is 7.89. The van der Waals surface area contributed by atoms with Gasteiger partial charge in [-0.2, -0.15) is 4.31 Å². The van der Waals surface area contributed by atoms with E-state index in [1.165, 1.54) is 10.6 Å². The van der Waals surface area contributed by atoms with Crippen LogP contribution >= 0.6 is 0 Å². The molecule has 3 amide bonds. The number of sulfonamides is 1. The minimum atomic E-state index is -3.56. The molecule has 0 atom stereocenters. The first-order valence-corrected chi connectivity index (χ1v) is 11.7. The lowest BCUT2D eigenvalue weighted by atomic mass is 10.1. The van der Waals surface area contributed by atoms with Gasteiger partial charge in [-0.15, -0.1) is 0 Å². The first-order chi connectivity index (χ1) is 14.9. The van der Waals surface area contributed by atoms with Gasteiger partial charge in [-0.05, 0) is 36.2 Å². The Labute approximate surface area is 182 Å². The third-order valence-electron chi connectivity index (χ3n) is 5.05. The van der Waals surface area contributed by atoms with Gasteiger partial charge in [0.1, 0.15) is 5.76 Å². The summed E-state index contributed by atoms with van der Waals surface area (Å²) in [5.74, 6) is 0.139. The molecule has 2 aromatic rings. The van der Waals surface area contributed by atoms with Crippen LogP contribution in [0.25, 0.3) is 0 Å². The minimum Gasteiger partial charge on any atom is -0.467 e. The number of rotatable bonds is 8. The Balaban J connectivity index is 1.44. The van der Waals surface area contributed by atoms with Crippen LogP contribution in [-0.2, 0) is 27.8 Å². The molecule has 0 aliphatic carbocycles. The highest BCUT2D eigenvalue weighted by atomic mass is 32.2. The van der Waals surface area contributed by atoms with E-state index in [1.54, 1.807) is 24.3 Å². The summed E-state index contributed by atoms with van der Waals surface area (Å²) in [7, 11) is -3.56. The number of benzene rings is 1. The Morgan fingerprint density at radius 2 is 1.77 bits per heavy atom. The number of piperazine rings is 1. The third-order valence-corrected chi connectivity index (χ3v) is 6.97. The number of imide groups is 1. The second-order valence-corrected chi connectivity index (χ2v) is 9.32. The maximum absolute atomic E-state index is 12.9. The highest BCUT2D eigenvalue weighted by Gasteiger charge is 2.29. The minimum absolute atomic E-state index is 0.0216. The van der Waals surface area contributed by atoms with E-state index in [0.29, 0.717) is 18.8 Å². The molecule has 0 bridgehead atoms. The van der Waals surface area contributed by atoms with Crippen molar-refractivity contribution < 1.29 is 22.4 Å². The fourth-order valence-electron chi connectivity index (χ4n) is 3.39. The summed E-state index contributed by atoms with van der Waals surface area (Å²) in [6.45, 7) is 3.69. The van der Waals surface area contributed by atoms with Crippen molar-refractivity contribution in [1.82, 2.24) is 19.8 Å². The fraction of sp³-hybridized carbons (Fsp3) is 0.429. The Morgan fingerprint density at radius 3 is 2.39 bits per heavy atom. The van der Waals surface area contributed by atoms with Gasteiger partial charge in [0, 0.05) is 26.2 Å². The van der Waals surface area contributed by atoms with Crippen molar-refractivity contribution in [3.63, 3.8) is 0 Å². The number of furan rings is 1. The molecular weight excluding hydrogens is 420 g/mol. The third kappa shape index (κ3) is 6.39. The Bertz CT molecular complexity index is 966. The lowest BCUT2D eigenvalue weighted by molar-refractivity contribution is -0.121. The van der Waals surface area contributed by atoms with Gasteiger partial charge >= 0.3 is 6.03 Å². The summed E-state index contributed by atoms with van der Waals surface area (Å²) in [6.07, 6.45) is 3.43. The van der Waals surface area contributed by atoms with E-state index >= 15 is 0 Å². The van der Waals surface area contributed by atoms with Crippen LogP contribution in [0.2, 0.25) is 0 Å². The van der Waals surface area contributed by atoms with E-state index in [0.717, 1.165) is 18.4 Å². The Hall–Kier alpha value is -2.69. The molecule has 1 saturated heterocycles. The predicted molar refractivity (Wildman–Crippen MR) is 115 cm³/mol. The van der Waals surface area contributed by atoms with Crippen molar-refractivity contribution in [2.45, 2.75) is 31.2 Å². The van der Waals surface area contributed by atoms with Crippen LogP contribution in [0.15, 0.2) is 52.0 Å². The van der Waals surface area contributed by atoms with Crippen molar-refractivity contribution in [1.29, 1.82) is 0 Å². The predicted octanol–water partition coefficient (Wildman–Crippen LogP) is 1.56. The number of aryl methyl sites for hydroxylation is 1. The summed E-state index contributed by atoms with van der Waals surface area (Å²) in [6, 6.07) is 9.84. The summed E-state index contributed by atoms with van der Waals surface area (Å²) in [4.78, 5) is 26.0. The zero-order valence-corrected chi connectivity index (χ0v) is 18.4.